The number of esters is 1. The molecule has 0 aliphatic carbocycles. The molecule has 0 aliphatic heterocycles. The molecule has 2 atom stereocenters. The number of rotatable bonds is 18. The molecule has 150 valence electrons. The molecule has 0 aromatic rings. The van der Waals surface area contributed by atoms with E-state index in [1.54, 1.807) is 6.92 Å². The van der Waals surface area contributed by atoms with E-state index in [2.05, 4.69) is 6.92 Å². The molecule has 0 bridgehead atoms. The van der Waals surface area contributed by atoms with Gasteiger partial charge in [0.2, 0.25) is 0 Å². The predicted molar refractivity (Wildman–Crippen MR) is 104 cm³/mol. The Morgan fingerprint density at radius 3 is 1.76 bits per heavy atom. The van der Waals surface area contributed by atoms with E-state index in [0.717, 1.165) is 12.8 Å². The van der Waals surface area contributed by atoms with E-state index in [9.17, 15) is 4.79 Å². The number of aliphatic hydroxyl groups is 1. The first-order valence-electron chi connectivity index (χ1n) is 10.5. The number of aliphatic hydroxyl groups excluding tert-OH is 1. The Morgan fingerprint density at radius 1 is 0.800 bits per heavy atom. The van der Waals surface area contributed by atoms with E-state index in [-0.39, 0.29) is 25.3 Å². The molecule has 1 N–H and O–H groups in total. The van der Waals surface area contributed by atoms with Gasteiger partial charge in [-0.15, -0.1) is 0 Å². The van der Waals surface area contributed by atoms with Gasteiger partial charge in [0.25, 0.3) is 0 Å². The van der Waals surface area contributed by atoms with Crippen molar-refractivity contribution in [3.05, 3.63) is 0 Å². The highest BCUT2D eigenvalue weighted by Gasteiger charge is 2.08. The molecule has 0 saturated heterocycles. The van der Waals surface area contributed by atoms with Gasteiger partial charge in [0.05, 0.1) is 18.8 Å². The van der Waals surface area contributed by atoms with Gasteiger partial charge in [0, 0.05) is 6.42 Å². The molecular weight excluding hydrogens is 316 g/mol. The molecule has 4 heteroatoms. The molecule has 0 spiro atoms. The Hall–Kier alpha value is -0.610. The van der Waals surface area contributed by atoms with Gasteiger partial charge in [0.1, 0.15) is 6.61 Å². The molecule has 0 heterocycles. The summed E-state index contributed by atoms with van der Waals surface area (Å²) in [6.45, 7) is 6.32. The first kappa shape index (κ1) is 24.4. The number of unbranched alkanes of at least 4 members (excludes halogenated alkanes) is 11. The first-order chi connectivity index (χ1) is 12.1. The molecule has 0 amide bonds. The van der Waals surface area contributed by atoms with Crippen molar-refractivity contribution in [1.29, 1.82) is 0 Å². The molecule has 0 aromatic carbocycles. The van der Waals surface area contributed by atoms with Crippen LogP contribution >= 0.6 is 0 Å². The van der Waals surface area contributed by atoms with Gasteiger partial charge in [-0.3, -0.25) is 4.79 Å². The van der Waals surface area contributed by atoms with Crippen molar-refractivity contribution in [2.75, 3.05) is 13.2 Å². The Balaban J connectivity index is 3.27. The molecule has 25 heavy (non-hydrogen) atoms. The molecule has 4 nitrogen and oxygen atoms in total. The number of hydrogen-bond acceptors (Lipinski definition) is 4. The average Bonchev–Trinajstić information content (AvgIpc) is 2.59. The van der Waals surface area contributed by atoms with Crippen LogP contribution in [0.1, 0.15) is 104 Å². The van der Waals surface area contributed by atoms with Gasteiger partial charge >= 0.3 is 5.97 Å². The maximum Gasteiger partial charge on any atom is 0.305 e. The van der Waals surface area contributed by atoms with E-state index in [0.29, 0.717) is 6.42 Å². The lowest BCUT2D eigenvalue weighted by Crippen LogP contribution is -2.23. The van der Waals surface area contributed by atoms with E-state index in [1.165, 1.54) is 64.2 Å². The van der Waals surface area contributed by atoms with Crippen molar-refractivity contribution in [3.8, 4) is 0 Å². The van der Waals surface area contributed by atoms with E-state index in [1.807, 2.05) is 6.92 Å². The van der Waals surface area contributed by atoms with Gasteiger partial charge in [-0.25, -0.2) is 0 Å². The molecule has 0 rings (SSSR count). The lowest BCUT2D eigenvalue weighted by Gasteiger charge is -2.14. The fraction of sp³-hybridized carbons (Fsp3) is 0.952. The number of carbonyl (C=O) groups is 1. The zero-order valence-corrected chi connectivity index (χ0v) is 16.9. The summed E-state index contributed by atoms with van der Waals surface area (Å²) in [5.41, 5.74) is 0. The second-order valence-electron chi connectivity index (χ2n) is 7.32. The lowest BCUT2D eigenvalue weighted by atomic mass is 10.0. The SMILES string of the molecule is CCCCCCCCCCCCCCC(=O)OCC(C)OCC(C)O. The van der Waals surface area contributed by atoms with E-state index < -0.39 is 6.10 Å². The van der Waals surface area contributed by atoms with Crippen LogP contribution in [-0.4, -0.2) is 36.5 Å². The molecule has 0 aromatic heterocycles. The van der Waals surface area contributed by atoms with Crippen molar-refractivity contribution >= 4 is 5.97 Å². The monoisotopic (exact) mass is 358 g/mol. The summed E-state index contributed by atoms with van der Waals surface area (Å²) in [6, 6.07) is 0. The Morgan fingerprint density at radius 2 is 1.28 bits per heavy atom. The minimum atomic E-state index is -0.487. The van der Waals surface area contributed by atoms with Gasteiger partial charge < -0.3 is 14.6 Å². The molecule has 0 saturated carbocycles. The standard InChI is InChI=1S/C21H42O4/c1-4-5-6-7-8-9-10-11-12-13-14-15-16-21(23)25-18-20(3)24-17-19(2)22/h19-20,22H,4-18H2,1-3H3. The van der Waals surface area contributed by atoms with Crippen LogP contribution in [0.5, 0.6) is 0 Å². The zero-order valence-electron chi connectivity index (χ0n) is 16.9. The minimum Gasteiger partial charge on any atom is -0.463 e. The second kappa shape index (κ2) is 18.2. The zero-order chi connectivity index (χ0) is 18.8. The van der Waals surface area contributed by atoms with Crippen molar-refractivity contribution < 1.29 is 19.4 Å². The Kier molecular flexibility index (Phi) is 17.7. The minimum absolute atomic E-state index is 0.139. The van der Waals surface area contributed by atoms with Crippen LogP contribution in [0, 0.1) is 0 Å². The lowest BCUT2D eigenvalue weighted by molar-refractivity contribution is -0.148. The largest absolute Gasteiger partial charge is 0.463 e. The summed E-state index contributed by atoms with van der Waals surface area (Å²) >= 11 is 0. The fourth-order valence-electron chi connectivity index (χ4n) is 2.74. The number of hydrogen-bond donors (Lipinski definition) is 1. The molecule has 2 unspecified atom stereocenters. The van der Waals surface area contributed by atoms with Crippen molar-refractivity contribution in [2.45, 2.75) is 116 Å². The maximum atomic E-state index is 11.6. The summed E-state index contributed by atoms with van der Waals surface area (Å²) < 4.78 is 10.5. The molecular formula is C21H42O4. The predicted octanol–water partition coefficient (Wildman–Crippen LogP) is 5.41. The highest BCUT2D eigenvalue weighted by atomic mass is 16.6. The summed E-state index contributed by atoms with van der Waals surface area (Å²) in [6.07, 6.45) is 15.4. The van der Waals surface area contributed by atoms with Crippen LogP contribution in [0.4, 0.5) is 0 Å². The third-order valence-corrected chi connectivity index (χ3v) is 4.34. The Labute approximate surface area is 155 Å². The van der Waals surface area contributed by atoms with E-state index >= 15 is 0 Å². The maximum absolute atomic E-state index is 11.6. The van der Waals surface area contributed by atoms with Crippen molar-refractivity contribution in [1.82, 2.24) is 0 Å². The van der Waals surface area contributed by atoms with Crippen LogP contribution in [-0.2, 0) is 14.3 Å². The van der Waals surface area contributed by atoms with Crippen LogP contribution in [0.25, 0.3) is 0 Å². The summed E-state index contributed by atoms with van der Waals surface area (Å²) in [5, 5.41) is 9.12. The second-order valence-corrected chi connectivity index (χ2v) is 7.32. The van der Waals surface area contributed by atoms with Gasteiger partial charge in [0.15, 0.2) is 0 Å². The fourth-order valence-corrected chi connectivity index (χ4v) is 2.74. The molecule has 0 fully saturated rings. The van der Waals surface area contributed by atoms with Crippen LogP contribution in [0.15, 0.2) is 0 Å². The highest BCUT2D eigenvalue weighted by Crippen LogP contribution is 2.12. The van der Waals surface area contributed by atoms with Crippen molar-refractivity contribution in [2.24, 2.45) is 0 Å². The quantitative estimate of drug-likeness (QED) is 0.263. The van der Waals surface area contributed by atoms with Crippen LogP contribution in [0.3, 0.4) is 0 Å². The summed E-state index contributed by atoms with van der Waals surface area (Å²) in [5.74, 6) is -0.139. The smallest absolute Gasteiger partial charge is 0.305 e. The van der Waals surface area contributed by atoms with Gasteiger partial charge in [-0.1, -0.05) is 77.6 Å². The summed E-state index contributed by atoms with van der Waals surface area (Å²) in [7, 11) is 0. The van der Waals surface area contributed by atoms with Crippen LogP contribution < -0.4 is 0 Å². The summed E-state index contributed by atoms with van der Waals surface area (Å²) in [4.78, 5) is 11.6. The van der Waals surface area contributed by atoms with Gasteiger partial charge in [-0.2, -0.15) is 0 Å². The normalized spacial score (nSPS) is 13.6. The van der Waals surface area contributed by atoms with E-state index in [4.69, 9.17) is 14.6 Å². The number of ether oxygens (including phenoxy) is 2. The highest BCUT2D eigenvalue weighted by molar-refractivity contribution is 5.69. The first-order valence-corrected chi connectivity index (χ1v) is 10.5. The van der Waals surface area contributed by atoms with Crippen LogP contribution in [0.2, 0.25) is 0 Å². The molecule has 0 aliphatic rings. The third-order valence-electron chi connectivity index (χ3n) is 4.34. The van der Waals surface area contributed by atoms with Gasteiger partial charge in [-0.05, 0) is 20.3 Å². The average molecular weight is 359 g/mol. The topological polar surface area (TPSA) is 55.8 Å². The van der Waals surface area contributed by atoms with Crippen molar-refractivity contribution in [3.63, 3.8) is 0 Å². The third kappa shape index (κ3) is 19.6. The molecule has 0 radical (unpaired) electrons. The number of carbonyl (C=O) groups excluding carboxylic acids is 1. The Bertz CT molecular complexity index is 292.